The average molecular weight is 333 g/mol. The number of anilines is 1. The fraction of sp³-hybridized carbons (Fsp3) is 0.533. The first kappa shape index (κ1) is 19.1. The summed E-state index contributed by atoms with van der Waals surface area (Å²) in [6.07, 6.45) is -3.96. The van der Waals surface area contributed by atoms with Crippen LogP contribution in [0, 0.1) is 5.92 Å². The lowest BCUT2D eigenvalue weighted by Gasteiger charge is -2.10. The second-order valence-electron chi connectivity index (χ2n) is 5.29. The van der Waals surface area contributed by atoms with Crippen LogP contribution in [0.25, 0.3) is 0 Å². The summed E-state index contributed by atoms with van der Waals surface area (Å²) in [6.45, 7) is 5.98. The molecule has 0 unspecified atom stereocenters. The monoisotopic (exact) mass is 333 g/mol. The van der Waals surface area contributed by atoms with Crippen LogP contribution >= 0.6 is 0 Å². The Labute approximate surface area is 133 Å². The van der Waals surface area contributed by atoms with Crippen LogP contribution in [0.1, 0.15) is 20.3 Å². The highest BCUT2D eigenvalue weighted by Gasteiger charge is 2.30. The van der Waals surface area contributed by atoms with Gasteiger partial charge in [-0.2, -0.15) is 0 Å². The molecule has 0 fully saturated rings. The molecule has 8 heteroatoms. The van der Waals surface area contributed by atoms with Crippen molar-refractivity contribution < 1.29 is 22.6 Å². The van der Waals surface area contributed by atoms with Crippen molar-refractivity contribution in [3.8, 4) is 5.75 Å². The number of guanidine groups is 1. The zero-order valence-corrected chi connectivity index (χ0v) is 13.2. The van der Waals surface area contributed by atoms with Crippen molar-refractivity contribution in [3.63, 3.8) is 0 Å². The minimum absolute atomic E-state index is 0.193. The van der Waals surface area contributed by atoms with E-state index in [1.165, 1.54) is 24.3 Å². The van der Waals surface area contributed by atoms with E-state index in [-0.39, 0.29) is 11.7 Å². The third-order valence-corrected chi connectivity index (χ3v) is 2.54. The van der Waals surface area contributed by atoms with Gasteiger partial charge in [-0.05, 0) is 36.6 Å². The molecule has 0 aromatic heterocycles. The maximum absolute atomic E-state index is 12.0. The van der Waals surface area contributed by atoms with E-state index in [9.17, 15) is 13.2 Å². The lowest BCUT2D eigenvalue weighted by atomic mass is 10.2. The molecule has 1 aromatic rings. The van der Waals surface area contributed by atoms with E-state index in [0.717, 1.165) is 6.42 Å². The molecule has 0 heterocycles. The Bertz CT molecular complexity index is 488. The smallest absolute Gasteiger partial charge is 0.406 e. The third-order valence-electron chi connectivity index (χ3n) is 2.54. The summed E-state index contributed by atoms with van der Waals surface area (Å²) in [6, 6.07) is 5.25. The summed E-state index contributed by atoms with van der Waals surface area (Å²) in [5.74, 6) is 0.397. The minimum atomic E-state index is -4.70. The molecule has 5 nitrogen and oxygen atoms in total. The summed E-state index contributed by atoms with van der Waals surface area (Å²) in [5, 5.41) is 2.79. The Morgan fingerprint density at radius 3 is 2.48 bits per heavy atom. The summed E-state index contributed by atoms with van der Waals surface area (Å²) >= 11 is 0. The SMILES string of the molecule is CC(C)COCCCN=C(N)Nc1ccc(OC(F)(F)F)cc1. The van der Waals surface area contributed by atoms with Gasteiger partial charge in [0.25, 0.3) is 0 Å². The van der Waals surface area contributed by atoms with Crippen LogP contribution in [0.4, 0.5) is 18.9 Å². The van der Waals surface area contributed by atoms with Crippen LogP contribution in [0.3, 0.4) is 0 Å². The second kappa shape index (κ2) is 9.24. The van der Waals surface area contributed by atoms with Gasteiger partial charge in [-0.25, -0.2) is 0 Å². The van der Waals surface area contributed by atoms with E-state index in [2.05, 4.69) is 28.9 Å². The molecule has 0 spiro atoms. The predicted octanol–water partition coefficient (Wildman–Crippen LogP) is 3.37. The summed E-state index contributed by atoms with van der Waals surface area (Å²) in [7, 11) is 0. The minimum Gasteiger partial charge on any atom is -0.406 e. The summed E-state index contributed by atoms with van der Waals surface area (Å²) < 4.78 is 45.3. The number of hydrogen-bond donors (Lipinski definition) is 2. The van der Waals surface area contributed by atoms with Gasteiger partial charge >= 0.3 is 6.36 Å². The maximum atomic E-state index is 12.0. The molecule has 0 bridgehead atoms. The molecular weight excluding hydrogens is 311 g/mol. The molecule has 0 radical (unpaired) electrons. The maximum Gasteiger partial charge on any atom is 0.573 e. The third kappa shape index (κ3) is 9.62. The van der Waals surface area contributed by atoms with Crippen LogP contribution < -0.4 is 15.8 Å². The van der Waals surface area contributed by atoms with Gasteiger partial charge in [0, 0.05) is 25.4 Å². The number of nitrogens with two attached hydrogens (primary N) is 1. The van der Waals surface area contributed by atoms with Crippen LogP contribution in [0.5, 0.6) is 5.75 Å². The zero-order valence-electron chi connectivity index (χ0n) is 13.2. The Balaban J connectivity index is 2.33. The number of ether oxygens (including phenoxy) is 2. The number of hydrogen-bond acceptors (Lipinski definition) is 3. The van der Waals surface area contributed by atoms with Crippen LogP contribution in [0.2, 0.25) is 0 Å². The molecule has 0 atom stereocenters. The largest absolute Gasteiger partial charge is 0.573 e. The lowest BCUT2D eigenvalue weighted by molar-refractivity contribution is -0.274. The van der Waals surface area contributed by atoms with E-state index >= 15 is 0 Å². The number of nitrogens with zero attached hydrogens (tertiary/aromatic N) is 1. The fourth-order valence-electron chi connectivity index (χ4n) is 1.61. The van der Waals surface area contributed by atoms with Gasteiger partial charge in [0.15, 0.2) is 5.96 Å². The normalized spacial score (nSPS) is 12.5. The molecule has 23 heavy (non-hydrogen) atoms. The quantitative estimate of drug-likeness (QED) is 0.435. The van der Waals surface area contributed by atoms with Gasteiger partial charge in [0.2, 0.25) is 0 Å². The van der Waals surface area contributed by atoms with E-state index in [0.29, 0.717) is 31.4 Å². The molecular formula is C15H22F3N3O2. The summed E-state index contributed by atoms with van der Waals surface area (Å²) in [4.78, 5) is 4.11. The Hall–Kier alpha value is -1.96. The molecule has 0 saturated carbocycles. The van der Waals surface area contributed by atoms with Crippen molar-refractivity contribution in [1.82, 2.24) is 0 Å². The molecule has 0 saturated heterocycles. The highest BCUT2D eigenvalue weighted by molar-refractivity contribution is 5.92. The van der Waals surface area contributed by atoms with E-state index in [1.54, 1.807) is 0 Å². The first-order valence-corrected chi connectivity index (χ1v) is 7.27. The molecule has 1 aromatic carbocycles. The van der Waals surface area contributed by atoms with Crippen molar-refractivity contribution in [3.05, 3.63) is 24.3 Å². The topological polar surface area (TPSA) is 68.9 Å². The number of halogens is 3. The van der Waals surface area contributed by atoms with Crippen molar-refractivity contribution in [1.29, 1.82) is 0 Å². The second-order valence-corrected chi connectivity index (χ2v) is 5.29. The molecule has 3 N–H and O–H groups in total. The van der Waals surface area contributed by atoms with Crippen LogP contribution in [0.15, 0.2) is 29.3 Å². The fourth-order valence-corrected chi connectivity index (χ4v) is 1.61. The molecule has 130 valence electrons. The standard InChI is InChI=1S/C15H22F3N3O2/c1-11(2)10-22-9-3-8-20-14(19)21-12-4-6-13(7-5-12)23-15(16,17)18/h4-7,11H,3,8-10H2,1-2H3,(H3,19,20,21). The Kier molecular flexibility index (Phi) is 7.67. The number of benzene rings is 1. The highest BCUT2D eigenvalue weighted by atomic mass is 19.4. The van der Waals surface area contributed by atoms with Gasteiger partial charge in [0.1, 0.15) is 5.75 Å². The first-order chi connectivity index (χ1) is 10.8. The van der Waals surface area contributed by atoms with Gasteiger partial charge in [-0.3, -0.25) is 4.99 Å². The van der Waals surface area contributed by atoms with E-state index in [1.807, 2.05) is 0 Å². The van der Waals surface area contributed by atoms with Crippen molar-refractivity contribution in [2.45, 2.75) is 26.6 Å². The number of rotatable bonds is 8. The first-order valence-electron chi connectivity index (χ1n) is 7.27. The van der Waals surface area contributed by atoms with Crippen LogP contribution in [-0.2, 0) is 4.74 Å². The number of alkyl halides is 3. The predicted molar refractivity (Wildman–Crippen MR) is 83.5 cm³/mol. The van der Waals surface area contributed by atoms with Crippen molar-refractivity contribution in [2.75, 3.05) is 25.1 Å². The van der Waals surface area contributed by atoms with E-state index in [4.69, 9.17) is 10.5 Å². The number of aliphatic imine (C=N–C) groups is 1. The summed E-state index contributed by atoms with van der Waals surface area (Å²) in [5.41, 5.74) is 6.22. The van der Waals surface area contributed by atoms with Crippen molar-refractivity contribution in [2.24, 2.45) is 16.6 Å². The Morgan fingerprint density at radius 1 is 1.26 bits per heavy atom. The number of nitrogens with one attached hydrogen (secondary N) is 1. The molecule has 0 aliphatic carbocycles. The Morgan fingerprint density at radius 2 is 1.91 bits per heavy atom. The average Bonchev–Trinajstić information content (AvgIpc) is 2.43. The molecule has 0 aliphatic rings. The van der Waals surface area contributed by atoms with Crippen molar-refractivity contribution >= 4 is 11.6 Å². The van der Waals surface area contributed by atoms with Gasteiger partial charge in [0.05, 0.1) is 0 Å². The highest BCUT2D eigenvalue weighted by Crippen LogP contribution is 2.23. The van der Waals surface area contributed by atoms with Gasteiger partial charge < -0.3 is 20.5 Å². The van der Waals surface area contributed by atoms with Gasteiger partial charge in [-0.15, -0.1) is 13.2 Å². The van der Waals surface area contributed by atoms with Crippen LogP contribution in [-0.4, -0.2) is 32.1 Å². The molecule has 0 aliphatic heterocycles. The molecule has 0 amide bonds. The zero-order chi connectivity index (χ0) is 17.3. The lowest BCUT2D eigenvalue weighted by Crippen LogP contribution is -2.23. The van der Waals surface area contributed by atoms with Gasteiger partial charge in [-0.1, -0.05) is 13.8 Å². The van der Waals surface area contributed by atoms with E-state index < -0.39 is 6.36 Å². The molecule has 1 rings (SSSR count).